The SMILES string of the molecule is Cc1ccc(-c2ccc(C)cc2Cl)cc1. The highest BCUT2D eigenvalue weighted by molar-refractivity contribution is 6.33. The van der Waals surface area contributed by atoms with Gasteiger partial charge in [0.25, 0.3) is 0 Å². The van der Waals surface area contributed by atoms with Crippen LogP contribution in [0.25, 0.3) is 11.1 Å². The third-order valence-corrected chi connectivity index (χ3v) is 2.80. The van der Waals surface area contributed by atoms with Gasteiger partial charge < -0.3 is 0 Å². The molecule has 0 N–H and O–H groups in total. The fourth-order valence-electron chi connectivity index (χ4n) is 1.59. The maximum atomic E-state index is 6.20. The van der Waals surface area contributed by atoms with Crippen LogP contribution < -0.4 is 0 Å². The van der Waals surface area contributed by atoms with E-state index in [1.165, 1.54) is 16.7 Å². The minimum absolute atomic E-state index is 0.818. The van der Waals surface area contributed by atoms with Crippen LogP contribution in [0.5, 0.6) is 0 Å². The van der Waals surface area contributed by atoms with E-state index in [-0.39, 0.29) is 0 Å². The van der Waals surface area contributed by atoms with Crippen molar-refractivity contribution < 1.29 is 0 Å². The van der Waals surface area contributed by atoms with Gasteiger partial charge in [0.05, 0.1) is 0 Å². The van der Waals surface area contributed by atoms with Gasteiger partial charge in [-0.25, -0.2) is 0 Å². The van der Waals surface area contributed by atoms with Crippen molar-refractivity contribution in [3.05, 3.63) is 58.6 Å². The van der Waals surface area contributed by atoms with Crippen LogP contribution in [0.4, 0.5) is 0 Å². The summed E-state index contributed by atoms with van der Waals surface area (Å²) >= 11 is 6.20. The second-order valence-electron chi connectivity index (χ2n) is 3.85. The summed E-state index contributed by atoms with van der Waals surface area (Å²) in [7, 11) is 0. The van der Waals surface area contributed by atoms with Gasteiger partial charge in [0.1, 0.15) is 0 Å². The molecule has 0 saturated heterocycles. The predicted molar refractivity (Wildman–Crippen MR) is 66.4 cm³/mol. The maximum Gasteiger partial charge on any atom is 0.0487 e. The molecule has 0 aliphatic heterocycles. The molecule has 1 heteroatoms. The molecule has 2 aromatic carbocycles. The van der Waals surface area contributed by atoms with Crippen molar-refractivity contribution in [3.63, 3.8) is 0 Å². The monoisotopic (exact) mass is 216 g/mol. The maximum absolute atomic E-state index is 6.20. The van der Waals surface area contributed by atoms with Crippen LogP contribution in [-0.2, 0) is 0 Å². The molecule has 0 bridgehead atoms. The Hall–Kier alpha value is -1.27. The number of hydrogen-bond donors (Lipinski definition) is 0. The van der Waals surface area contributed by atoms with E-state index < -0.39 is 0 Å². The molecule has 0 amide bonds. The zero-order valence-corrected chi connectivity index (χ0v) is 9.68. The summed E-state index contributed by atoms with van der Waals surface area (Å²) in [6.45, 7) is 4.13. The zero-order valence-electron chi connectivity index (χ0n) is 8.92. The summed E-state index contributed by atoms with van der Waals surface area (Å²) in [5.41, 5.74) is 4.73. The van der Waals surface area contributed by atoms with E-state index in [9.17, 15) is 0 Å². The minimum atomic E-state index is 0.818. The highest BCUT2D eigenvalue weighted by Gasteiger charge is 2.02. The van der Waals surface area contributed by atoms with E-state index >= 15 is 0 Å². The van der Waals surface area contributed by atoms with E-state index in [4.69, 9.17) is 11.6 Å². The van der Waals surface area contributed by atoms with Gasteiger partial charge in [-0.2, -0.15) is 0 Å². The van der Waals surface area contributed by atoms with Crippen molar-refractivity contribution in [1.82, 2.24) is 0 Å². The summed E-state index contributed by atoms with van der Waals surface area (Å²) in [4.78, 5) is 0. The van der Waals surface area contributed by atoms with Gasteiger partial charge in [0.2, 0.25) is 0 Å². The van der Waals surface area contributed by atoms with Crippen LogP contribution in [0, 0.1) is 13.8 Å². The lowest BCUT2D eigenvalue weighted by molar-refractivity contribution is 1.45. The van der Waals surface area contributed by atoms with Gasteiger partial charge in [-0.1, -0.05) is 53.6 Å². The molecule has 0 aliphatic rings. The van der Waals surface area contributed by atoms with Crippen LogP contribution in [0.3, 0.4) is 0 Å². The van der Waals surface area contributed by atoms with Crippen LogP contribution >= 0.6 is 11.6 Å². The minimum Gasteiger partial charge on any atom is -0.0837 e. The largest absolute Gasteiger partial charge is 0.0837 e. The summed E-state index contributed by atoms with van der Waals surface area (Å²) < 4.78 is 0. The molecule has 76 valence electrons. The Morgan fingerprint density at radius 3 is 2.00 bits per heavy atom. The molecule has 0 aromatic heterocycles. The molecular formula is C14H13Cl. The molecule has 0 saturated carbocycles. The average molecular weight is 217 g/mol. The Kier molecular flexibility index (Phi) is 2.79. The molecular weight excluding hydrogens is 204 g/mol. The van der Waals surface area contributed by atoms with Crippen molar-refractivity contribution in [2.75, 3.05) is 0 Å². The normalized spacial score (nSPS) is 10.3. The Bertz CT molecular complexity index is 469. The lowest BCUT2D eigenvalue weighted by Crippen LogP contribution is -1.81. The standard InChI is InChI=1S/C14H13Cl/c1-10-3-6-12(7-4-10)13-8-5-11(2)9-14(13)15/h3-9H,1-2H3. The fraction of sp³-hybridized carbons (Fsp3) is 0.143. The number of halogens is 1. The van der Waals surface area contributed by atoms with E-state index in [0.29, 0.717) is 0 Å². The van der Waals surface area contributed by atoms with Gasteiger partial charge >= 0.3 is 0 Å². The predicted octanol–water partition coefficient (Wildman–Crippen LogP) is 4.62. The fourth-order valence-corrected chi connectivity index (χ4v) is 1.93. The molecule has 0 nitrogen and oxygen atoms in total. The van der Waals surface area contributed by atoms with Gasteiger partial charge in [-0.15, -0.1) is 0 Å². The van der Waals surface area contributed by atoms with E-state index in [1.807, 2.05) is 13.0 Å². The first-order valence-corrected chi connectivity index (χ1v) is 5.38. The van der Waals surface area contributed by atoms with E-state index in [2.05, 4.69) is 43.3 Å². The average Bonchev–Trinajstić information content (AvgIpc) is 2.20. The summed E-state index contributed by atoms with van der Waals surface area (Å²) in [6.07, 6.45) is 0. The second kappa shape index (κ2) is 4.08. The van der Waals surface area contributed by atoms with Gasteiger partial charge in [-0.05, 0) is 31.0 Å². The molecule has 0 aliphatic carbocycles. The quantitative estimate of drug-likeness (QED) is 0.652. The molecule has 0 radical (unpaired) electrons. The van der Waals surface area contributed by atoms with Crippen molar-refractivity contribution in [3.8, 4) is 11.1 Å². The van der Waals surface area contributed by atoms with E-state index in [0.717, 1.165) is 10.6 Å². The van der Waals surface area contributed by atoms with E-state index in [1.54, 1.807) is 0 Å². The molecule has 0 heterocycles. The van der Waals surface area contributed by atoms with Gasteiger partial charge in [0.15, 0.2) is 0 Å². The Morgan fingerprint density at radius 2 is 1.40 bits per heavy atom. The summed E-state index contributed by atoms with van der Waals surface area (Å²) in [5, 5.41) is 0.818. The van der Waals surface area contributed by atoms with Crippen molar-refractivity contribution in [2.24, 2.45) is 0 Å². The number of rotatable bonds is 1. The van der Waals surface area contributed by atoms with Crippen LogP contribution in [0.15, 0.2) is 42.5 Å². The summed E-state index contributed by atoms with van der Waals surface area (Å²) in [5.74, 6) is 0. The Balaban J connectivity index is 2.49. The zero-order chi connectivity index (χ0) is 10.8. The van der Waals surface area contributed by atoms with Gasteiger partial charge in [-0.3, -0.25) is 0 Å². The lowest BCUT2D eigenvalue weighted by atomic mass is 10.0. The summed E-state index contributed by atoms with van der Waals surface area (Å²) in [6, 6.07) is 14.6. The van der Waals surface area contributed by atoms with Crippen molar-refractivity contribution in [2.45, 2.75) is 13.8 Å². The Morgan fingerprint density at radius 1 is 0.800 bits per heavy atom. The third kappa shape index (κ3) is 2.21. The highest BCUT2D eigenvalue weighted by atomic mass is 35.5. The smallest absolute Gasteiger partial charge is 0.0487 e. The first-order valence-electron chi connectivity index (χ1n) is 5.00. The molecule has 15 heavy (non-hydrogen) atoms. The van der Waals surface area contributed by atoms with Gasteiger partial charge in [0, 0.05) is 10.6 Å². The lowest BCUT2D eigenvalue weighted by Gasteiger charge is -2.05. The first kappa shape index (κ1) is 10.3. The molecule has 2 aromatic rings. The first-order chi connectivity index (χ1) is 7.16. The number of hydrogen-bond acceptors (Lipinski definition) is 0. The van der Waals surface area contributed by atoms with Crippen LogP contribution in [0.1, 0.15) is 11.1 Å². The van der Waals surface area contributed by atoms with Crippen molar-refractivity contribution in [1.29, 1.82) is 0 Å². The molecule has 2 rings (SSSR count). The van der Waals surface area contributed by atoms with Crippen LogP contribution in [-0.4, -0.2) is 0 Å². The topological polar surface area (TPSA) is 0 Å². The Labute approximate surface area is 95.5 Å². The number of benzene rings is 2. The van der Waals surface area contributed by atoms with Crippen molar-refractivity contribution >= 4 is 11.6 Å². The molecule has 0 atom stereocenters. The molecule has 0 spiro atoms. The molecule has 0 unspecified atom stereocenters. The second-order valence-corrected chi connectivity index (χ2v) is 4.26. The third-order valence-electron chi connectivity index (χ3n) is 2.49. The van der Waals surface area contributed by atoms with Crippen LogP contribution in [0.2, 0.25) is 5.02 Å². The highest BCUT2D eigenvalue weighted by Crippen LogP contribution is 2.28. The molecule has 0 fully saturated rings. The number of aryl methyl sites for hydroxylation is 2.